The molecule has 0 bridgehead atoms. The second-order valence-electron chi connectivity index (χ2n) is 6.05. The fraction of sp³-hybridized carbons (Fsp3) is 0.143. The van der Waals surface area contributed by atoms with Crippen molar-refractivity contribution in [2.45, 2.75) is 6.61 Å². The van der Waals surface area contributed by atoms with Crippen LogP contribution in [0.25, 0.3) is 0 Å². The van der Waals surface area contributed by atoms with Gasteiger partial charge in [-0.05, 0) is 29.8 Å². The van der Waals surface area contributed by atoms with Crippen molar-refractivity contribution in [3.63, 3.8) is 0 Å². The zero-order chi connectivity index (χ0) is 19.9. The first kappa shape index (κ1) is 19.6. The number of carbonyl (C=O) groups is 1. The third-order valence-corrected chi connectivity index (χ3v) is 4.29. The second kappa shape index (κ2) is 9.19. The van der Waals surface area contributed by atoms with Gasteiger partial charge in [0.15, 0.2) is 0 Å². The lowest BCUT2D eigenvalue weighted by Crippen LogP contribution is -2.41. The van der Waals surface area contributed by atoms with Crippen molar-refractivity contribution in [1.29, 1.82) is 0 Å². The zero-order valence-electron chi connectivity index (χ0n) is 15.1. The van der Waals surface area contributed by atoms with Crippen molar-refractivity contribution in [1.82, 2.24) is 10.3 Å². The first-order valence-corrected chi connectivity index (χ1v) is 9.00. The van der Waals surface area contributed by atoms with E-state index in [2.05, 4.69) is 16.9 Å². The summed E-state index contributed by atoms with van der Waals surface area (Å²) < 4.78 is 19.4. The summed E-state index contributed by atoms with van der Waals surface area (Å²) in [6.07, 6.45) is 8.87. The molecule has 0 fully saturated rings. The molecule has 144 valence electrons. The predicted octanol–water partition coefficient (Wildman–Crippen LogP) is 4.65. The first-order chi connectivity index (χ1) is 13.5. The summed E-state index contributed by atoms with van der Waals surface area (Å²) in [5, 5.41) is 3.18. The van der Waals surface area contributed by atoms with E-state index in [1.165, 1.54) is 23.2 Å². The molecule has 0 radical (unpaired) electrons. The van der Waals surface area contributed by atoms with Gasteiger partial charge in [-0.15, -0.1) is 0 Å². The molecule has 7 heteroatoms. The van der Waals surface area contributed by atoms with Gasteiger partial charge >= 0.3 is 6.03 Å². The molecule has 0 atom stereocenters. The number of pyridine rings is 1. The van der Waals surface area contributed by atoms with Gasteiger partial charge in [0.05, 0.1) is 17.3 Å². The van der Waals surface area contributed by atoms with E-state index in [1.807, 2.05) is 24.3 Å². The molecule has 0 saturated carbocycles. The number of carbonyl (C=O) groups excluding carboxylic acids is 1. The van der Waals surface area contributed by atoms with E-state index >= 15 is 0 Å². The monoisotopic (exact) mass is 399 g/mol. The Hall–Kier alpha value is -3.12. The molecule has 5 nitrogen and oxygen atoms in total. The summed E-state index contributed by atoms with van der Waals surface area (Å²) in [4.78, 5) is 18.1. The van der Waals surface area contributed by atoms with E-state index in [0.717, 1.165) is 5.57 Å². The molecule has 1 N–H and O–H groups in total. The second-order valence-corrected chi connectivity index (χ2v) is 6.46. The molecule has 1 aromatic heterocycles. The van der Waals surface area contributed by atoms with Crippen LogP contribution < -0.4 is 15.0 Å². The molecule has 1 aliphatic rings. The van der Waals surface area contributed by atoms with Crippen molar-refractivity contribution in [2.75, 3.05) is 18.0 Å². The summed E-state index contributed by atoms with van der Waals surface area (Å²) in [6.45, 7) is 4.57. The number of amides is 2. The molecule has 28 heavy (non-hydrogen) atoms. The molecule has 2 heterocycles. The fourth-order valence-electron chi connectivity index (χ4n) is 2.57. The average Bonchev–Trinajstić information content (AvgIpc) is 2.69. The minimum atomic E-state index is -0.441. The molecule has 2 amide bonds. The number of ether oxygens (including phenoxy) is 1. The van der Waals surface area contributed by atoms with Gasteiger partial charge in [-0.2, -0.15) is 0 Å². The number of rotatable bonds is 4. The molecule has 0 saturated heterocycles. The van der Waals surface area contributed by atoms with Crippen LogP contribution in [0.3, 0.4) is 0 Å². The van der Waals surface area contributed by atoms with Gasteiger partial charge in [-0.25, -0.2) is 9.18 Å². The van der Waals surface area contributed by atoms with Crippen molar-refractivity contribution in [2.24, 2.45) is 0 Å². The predicted molar refractivity (Wildman–Crippen MR) is 108 cm³/mol. The van der Waals surface area contributed by atoms with Gasteiger partial charge in [0, 0.05) is 18.8 Å². The highest BCUT2D eigenvalue weighted by Gasteiger charge is 2.19. The van der Waals surface area contributed by atoms with E-state index < -0.39 is 5.82 Å². The topological polar surface area (TPSA) is 54.5 Å². The highest BCUT2D eigenvalue weighted by molar-refractivity contribution is 6.33. The number of nitrogens with zero attached hydrogens (tertiary/aromatic N) is 2. The molecular weight excluding hydrogens is 381 g/mol. The Morgan fingerprint density at radius 1 is 1.32 bits per heavy atom. The maximum absolute atomic E-state index is 13.7. The Morgan fingerprint density at radius 3 is 3.00 bits per heavy atom. The number of nitrogens with one attached hydrogen (secondary N) is 1. The lowest BCUT2D eigenvalue weighted by molar-refractivity contribution is 0.247. The summed E-state index contributed by atoms with van der Waals surface area (Å²) in [5.41, 5.74) is 1.40. The molecule has 3 rings (SSSR count). The highest BCUT2D eigenvalue weighted by atomic mass is 35.5. The average molecular weight is 400 g/mol. The number of anilines is 1. The van der Waals surface area contributed by atoms with E-state index in [9.17, 15) is 9.18 Å². The van der Waals surface area contributed by atoms with Crippen LogP contribution in [0.5, 0.6) is 5.75 Å². The molecule has 1 aliphatic heterocycles. The molecule has 2 aromatic rings. The minimum absolute atomic E-state index is 0.0415. The van der Waals surface area contributed by atoms with E-state index in [0.29, 0.717) is 23.0 Å². The van der Waals surface area contributed by atoms with Gasteiger partial charge in [0.25, 0.3) is 0 Å². The van der Waals surface area contributed by atoms with Gasteiger partial charge in [-0.1, -0.05) is 42.5 Å². The largest absolute Gasteiger partial charge is 0.487 e. The maximum Gasteiger partial charge on any atom is 0.322 e. The van der Waals surface area contributed by atoms with E-state index in [1.54, 1.807) is 18.2 Å². The Kier molecular flexibility index (Phi) is 6.45. The summed E-state index contributed by atoms with van der Waals surface area (Å²) in [7, 11) is 0. The number of urea groups is 1. The smallest absolute Gasteiger partial charge is 0.322 e. The van der Waals surface area contributed by atoms with E-state index in [4.69, 9.17) is 16.3 Å². The number of benzene rings is 1. The number of hydrogen-bond acceptors (Lipinski definition) is 3. The van der Waals surface area contributed by atoms with Crippen molar-refractivity contribution in [3.8, 4) is 5.75 Å². The van der Waals surface area contributed by atoms with Crippen LogP contribution in [-0.4, -0.2) is 24.1 Å². The molecule has 0 spiro atoms. The first-order valence-electron chi connectivity index (χ1n) is 8.62. The lowest BCUT2D eigenvalue weighted by atomic mass is 10.2. The standard InChI is InChI=1S/C21H19ClFN3O2/c1-15-6-3-2-4-10-25-21(27)26(13-15)20-12-16(8-9-17(20)22)28-14-19-18(23)7-5-11-24-19/h2-9,11-12H,1,10,13-14H2,(H,25,27)/b4-2-,6-3-. The van der Waals surface area contributed by atoms with E-state index in [-0.39, 0.29) is 24.9 Å². The lowest BCUT2D eigenvalue weighted by Gasteiger charge is -2.25. The molecule has 0 unspecified atom stereocenters. The van der Waals surface area contributed by atoms with Gasteiger partial charge in [0.1, 0.15) is 23.9 Å². The summed E-state index contributed by atoms with van der Waals surface area (Å²) in [5.74, 6) is -0.00122. The number of hydrogen-bond donors (Lipinski definition) is 1. The van der Waals surface area contributed by atoms with Gasteiger partial charge < -0.3 is 10.1 Å². The summed E-state index contributed by atoms with van der Waals surface area (Å²) in [6, 6.07) is 7.45. The number of aromatic nitrogens is 1. The SMILES string of the molecule is C=C1/C=C\C=C/CNC(=O)N(c2cc(OCc3ncccc3F)ccc2Cl)C1. The van der Waals surface area contributed by atoms with Crippen LogP contribution in [0.1, 0.15) is 5.69 Å². The quantitative estimate of drug-likeness (QED) is 0.814. The number of allylic oxidation sites excluding steroid dienone is 2. The Balaban J connectivity index is 1.83. The van der Waals surface area contributed by atoms with Crippen molar-refractivity contribution >= 4 is 23.3 Å². The van der Waals surface area contributed by atoms with Crippen LogP contribution in [-0.2, 0) is 6.61 Å². The third-order valence-electron chi connectivity index (χ3n) is 3.98. The van der Waals surface area contributed by atoms with Crippen LogP contribution in [0.4, 0.5) is 14.9 Å². The van der Waals surface area contributed by atoms with Crippen LogP contribution >= 0.6 is 11.6 Å². The fourth-order valence-corrected chi connectivity index (χ4v) is 2.79. The normalized spacial score (nSPS) is 17.0. The highest BCUT2D eigenvalue weighted by Crippen LogP contribution is 2.31. The Labute approximate surface area is 167 Å². The molecule has 1 aromatic carbocycles. The third kappa shape index (κ3) is 4.98. The Morgan fingerprint density at radius 2 is 2.18 bits per heavy atom. The van der Waals surface area contributed by atoms with Crippen LogP contribution in [0.15, 0.2) is 73.0 Å². The van der Waals surface area contributed by atoms with Crippen molar-refractivity contribution in [3.05, 3.63) is 89.5 Å². The van der Waals surface area contributed by atoms with Crippen LogP contribution in [0, 0.1) is 5.82 Å². The van der Waals surface area contributed by atoms with Gasteiger partial charge in [-0.3, -0.25) is 9.88 Å². The minimum Gasteiger partial charge on any atom is -0.487 e. The summed E-state index contributed by atoms with van der Waals surface area (Å²) >= 11 is 6.34. The van der Waals surface area contributed by atoms with Crippen molar-refractivity contribution < 1.29 is 13.9 Å². The number of halogens is 2. The molecular formula is C21H19ClFN3O2. The van der Waals surface area contributed by atoms with Crippen LogP contribution in [0.2, 0.25) is 5.02 Å². The molecule has 0 aliphatic carbocycles. The van der Waals surface area contributed by atoms with Gasteiger partial charge in [0.2, 0.25) is 0 Å². The Bertz CT molecular complexity index is 943. The maximum atomic E-state index is 13.7. The zero-order valence-corrected chi connectivity index (χ0v) is 15.8.